The molecule has 2 heterocycles. The molecule has 3 aromatic carbocycles. The average Bonchev–Trinajstić information content (AvgIpc) is 3.32. The van der Waals surface area contributed by atoms with Crippen LogP contribution in [0.3, 0.4) is 0 Å². The van der Waals surface area contributed by atoms with Gasteiger partial charge in [-0.3, -0.25) is 9.69 Å². The molecule has 7 nitrogen and oxygen atoms in total. The number of hydrogen-bond acceptors (Lipinski definition) is 7. The lowest BCUT2D eigenvalue weighted by Gasteiger charge is -2.35. The lowest BCUT2D eigenvalue weighted by Crippen LogP contribution is -2.48. The van der Waals surface area contributed by atoms with Crippen molar-refractivity contribution in [1.29, 1.82) is 0 Å². The SMILES string of the molecule is O=C(CN1CCN(c2ccc(OCc3ccccc3)cc2)CC1)Nc1ccc2nsnc2c1. The van der Waals surface area contributed by atoms with Crippen molar-refractivity contribution in [1.82, 2.24) is 13.6 Å². The minimum absolute atomic E-state index is 0.00842. The zero-order valence-electron chi connectivity index (χ0n) is 18.2. The van der Waals surface area contributed by atoms with Crippen LogP contribution in [0.1, 0.15) is 5.56 Å². The molecule has 0 spiro atoms. The molecule has 168 valence electrons. The molecule has 0 atom stereocenters. The molecule has 33 heavy (non-hydrogen) atoms. The summed E-state index contributed by atoms with van der Waals surface area (Å²) in [5.41, 5.74) is 4.75. The van der Waals surface area contributed by atoms with E-state index in [2.05, 4.69) is 48.1 Å². The summed E-state index contributed by atoms with van der Waals surface area (Å²) in [6, 6.07) is 24.0. The van der Waals surface area contributed by atoms with Crippen LogP contribution >= 0.6 is 11.7 Å². The minimum Gasteiger partial charge on any atom is -0.489 e. The number of rotatable bonds is 7. The molecule has 1 fully saturated rings. The van der Waals surface area contributed by atoms with E-state index in [1.54, 1.807) is 0 Å². The molecule has 1 amide bonds. The van der Waals surface area contributed by atoms with E-state index in [9.17, 15) is 4.79 Å². The van der Waals surface area contributed by atoms with Crippen molar-refractivity contribution < 1.29 is 9.53 Å². The van der Waals surface area contributed by atoms with Crippen molar-refractivity contribution in [2.24, 2.45) is 0 Å². The number of amides is 1. The Morgan fingerprint density at radius 1 is 0.909 bits per heavy atom. The molecule has 0 unspecified atom stereocenters. The van der Waals surface area contributed by atoms with Gasteiger partial charge < -0.3 is 15.0 Å². The number of benzene rings is 3. The molecule has 8 heteroatoms. The van der Waals surface area contributed by atoms with Crippen LogP contribution in [0.25, 0.3) is 11.0 Å². The summed E-state index contributed by atoms with van der Waals surface area (Å²) in [5.74, 6) is 0.857. The molecule has 1 aliphatic heterocycles. The summed E-state index contributed by atoms with van der Waals surface area (Å²) in [6.07, 6.45) is 0. The Balaban J connectivity index is 1.08. The summed E-state index contributed by atoms with van der Waals surface area (Å²) in [7, 11) is 0. The molecular formula is C25H25N5O2S. The number of nitrogens with zero attached hydrogens (tertiary/aromatic N) is 4. The largest absolute Gasteiger partial charge is 0.489 e. The highest BCUT2D eigenvalue weighted by Crippen LogP contribution is 2.22. The number of nitrogens with one attached hydrogen (secondary N) is 1. The molecule has 0 radical (unpaired) electrons. The smallest absolute Gasteiger partial charge is 0.238 e. The maximum Gasteiger partial charge on any atom is 0.238 e. The van der Waals surface area contributed by atoms with Crippen molar-refractivity contribution in [3.8, 4) is 5.75 Å². The van der Waals surface area contributed by atoms with Crippen LogP contribution in [0.4, 0.5) is 11.4 Å². The molecule has 5 rings (SSSR count). The van der Waals surface area contributed by atoms with Gasteiger partial charge in [-0.05, 0) is 48.0 Å². The third-order valence-corrected chi connectivity index (χ3v) is 6.28. The van der Waals surface area contributed by atoms with E-state index in [1.165, 1.54) is 17.4 Å². The summed E-state index contributed by atoms with van der Waals surface area (Å²) >= 11 is 1.18. The third-order valence-electron chi connectivity index (χ3n) is 5.73. The maximum absolute atomic E-state index is 12.5. The quantitative estimate of drug-likeness (QED) is 0.450. The molecule has 0 aliphatic carbocycles. The van der Waals surface area contributed by atoms with E-state index in [1.807, 2.05) is 48.5 Å². The van der Waals surface area contributed by atoms with Crippen molar-refractivity contribution in [3.05, 3.63) is 78.4 Å². The Labute approximate surface area is 196 Å². The zero-order chi connectivity index (χ0) is 22.5. The van der Waals surface area contributed by atoms with Gasteiger partial charge in [-0.25, -0.2) is 0 Å². The van der Waals surface area contributed by atoms with Gasteiger partial charge in [0.1, 0.15) is 23.4 Å². The predicted octanol–water partition coefficient (Wildman–Crippen LogP) is 4.03. The Bertz CT molecular complexity index is 1200. The van der Waals surface area contributed by atoms with Crippen molar-refractivity contribution in [3.63, 3.8) is 0 Å². The van der Waals surface area contributed by atoms with Gasteiger partial charge in [0.25, 0.3) is 0 Å². The molecule has 4 aromatic rings. The highest BCUT2D eigenvalue weighted by Gasteiger charge is 2.19. The summed E-state index contributed by atoms with van der Waals surface area (Å²) < 4.78 is 14.3. The summed E-state index contributed by atoms with van der Waals surface area (Å²) in [6.45, 7) is 4.40. The van der Waals surface area contributed by atoms with Crippen molar-refractivity contribution in [2.45, 2.75) is 6.61 Å². The van der Waals surface area contributed by atoms with Gasteiger partial charge in [-0.2, -0.15) is 8.75 Å². The van der Waals surface area contributed by atoms with E-state index in [0.29, 0.717) is 13.2 Å². The first-order chi connectivity index (χ1) is 16.2. The second kappa shape index (κ2) is 9.97. The van der Waals surface area contributed by atoms with E-state index < -0.39 is 0 Å². The summed E-state index contributed by atoms with van der Waals surface area (Å²) in [4.78, 5) is 17.0. The number of aromatic nitrogens is 2. The topological polar surface area (TPSA) is 70.6 Å². The first kappa shape index (κ1) is 21.4. The number of ether oxygens (including phenoxy) is 1. The van der Waals surface area contributed by atoms with Gasteiger partial charge in [-0.1, -0.05) is 30.3 Å². The van der Waals surface area contributed by atoms with Crippen molar-refractivity contribution >= 4 is 40.0 Å². The molecule has 1 N–H and O–H groups in total. The van der Waals surface area contributed by atoms with Crippen LogP contribution in [0.2, 0.25) is 0 Å². The fraction of sp³-hybridized carbons (Fsp3) is 0.240. The molecule has 0 bridgehead atoms. The summed E-state index contributed by atoms with van der Waals surface area (Å²) in [5, 5.41) is 2.97. The standard InChI is InChI=1S/C25H25N5O2S/c31-25(26-20-6-11-23-24(16-20)28-33-27-23)17-29-12-14-30(15-13-29)21-7-9-22(10-8-21)32-18-19-4-2-1-3-5-19/h1-11,16H,12-15,17-18H2,(H,26,31). The average molecular weight is 460 g/mol. The molecule has 1 aromatic heterocycles. The van der Waals surface area contributed by atoms with Gasteiger partial charge >= 0.3 is 0 Å². The Hall–Kier alpha value is -3.49. The molecule has 1 aliphatic rings. The van der Waals surface area contributed by atoms with Gasteiger partial charge in [0.05, 0.1) is 18.3 Å². The van der Waals surface area contributed by atoms with Crippen LogP contribution in [0.15, 0.2) is 72.8 Å². The number of carbonyl (C=O) groups excluding carboxylic acids is 1. The third kappa shape index (κ3) is 5.47. The monoisotopic (exact) mass is 459 g/mol. The first-order valence-electron chi connectivity index (χ1n) is 11.0. The van der Waals surface area contributed by atoms with Gasteiger partial charge in [0.15, 0.2) is 0 Å². The van der Waals surface area contributed by atoms with Crippen LogP contribution < -0.4 is 15.0 Å². The van der Waals surface area contributed by atoms with Crippen LogP contribution in [0, 0.1) is 0 Å². The number of anilines is 2. The highest BCUT2D eigenvalue weighted by molar-refractivity contribution is 7.00. The van der Waals surface area contributed by atoms with Gasteiger partial charge in [-0.15, -0.1) is 0 Å². The van der Waals surface area contributed by atoms with Crippen LogP contribution in [-0.4, -0.2) is 52.3 Å². The fourth-order valence-corrected chi connectivity index (χ4v) is 4.44. The second-order valence-corrected chi connectivity index (χ2v) is 8.58. The normalized spacial score (nSPS) is 14.4. The molecule has 1 saturated heterocycles. The lowest BCUT2D eigenvalue weighted by molar-refractivity contribution is -0.117. The number of carbonyl (C=O) groups is 1. The van der Waals surface area contributed by atoms with E-state index in [0.717, 1.165) is 54.2 Å². The lowest BCUT2D eigenvalue weighted by atomic mass is 10.2. The van der Waals surface area contributed by atoms with Crippen molar-refractivity contribution in [2.75, 3.05) is 42.9 Å². The van der Waals surface area contributed by atoms with Crippen LogP contribution in [-0.2, 0) is 11.4 Å². The van der Waals surface area contributed by atoms with Gasteiger partial charge in [0.2, 0.25) is 5.91 Å². The molecule has 0 saturated carbocycles. The zero-order valence-corrected chi connectivity index (χ0v) is 19.0. The van der Waals surface area contributed by atoms with E-state index >= 15 is 0 Å². The van der Waals surface area contributed by atoms with Crippen LogP contribution in [0.5, 0.6) is 5.75 Å². The Morgan fingerprint density at radius 3 is 2.45 bits per heavy atom. The first-order valence-corrected chi connectivity index (χ1v) is 11.7. The van der Waals surface area contributed by atoms with E-state index in [-0.39, 0.29) is 5.91 Å². The number of piperazine rings is 1. The Morgan fingerprint density at radius 2 is 1.67 bits per heavy atom. The maximum atomic E-state index is 12.5. The number of hydrogen-bond donors (Lipinski definition) is 1. The Kier molecular flexibility index (Phi) is 6.46. The second-order valence-electron chi connectivity index (χ2n) is 8.05. The number of fused-ring (bicyclic) bond motifs is 1. The fourth-order valence-electron chi connectivity index (χ4n) is 3.92. The highest BCUT2D eigenvalue weighted by atomic mass is 32.1. The van der Waals surface area contributed by atoms with E-state index in [4.69, 9.17) is 4.74 Å². The predicted molar refractivity (Wildman–Crippen MR) is 132 cm³/mol. The van der Waals surface area contributed by atoms with Gasteiger partial charge in [0, 0.05) is 37.6 Å². The molecular weight excluding hydrogens is 434 g/mol. The minimum atomic E-state index is -0.00842.